The number of fused-ring (bicyclic) bond motifs is 1. The topological polar surface area (TPSA) is 95.6 Å². The second-order valence-electron chi connectivity index (χ2n) is 7.02. The number of methoxy groups -OCH3 is 1. The number of rotatable bonds is 6. The maximum Gasteiger partial charge on any atom is 0.261 e. The number of aryl methyl sites for hydroxylation is 1. The third-order valence-electron chi connectivity index (χ3n) is 4.94. The highest BCUT2D eigenvalue weighted by atomic mass is 35.5. The van der Waals surface area contributed by atoms with E-state index in [1.165, 1.54) is 27.6 Å². The number of anilines is 2. The minimum absolute atomic E-state index is 0. The molecule has 0 aromatic carbocycles. The smallest absolute Gasteiger partial charge is 0.261 e. The van der Waals surface area contributed by atoms with Crippen LogP contribution in [0.2, 0.25) is 4.34 Å². The Hall–Kier alpha value is -1.14. The lowest BCUT2D eigenvalue weighted by Crippen LogP contribution is -2.43. The SMILES string of the molecule is CO[C@H]1CN(CC(=O)Nc2nc3c(s2)CCCN3)C[C@@H]1NC(=O)c1ccc(Cl)s1.Cl.Cl. The van der Waals surface area contributed by atoms with E-state index in [-0.39, 0.29) is 55.3 Å². The van der Waals surface area contributed by atoms with Crippen molar-refractivity contribution >= 4 is 81.9 Å². The van der Waals surface area contributed by atoms with Gasteiger partial charge in [-0.2, -0.15) is 0 Å². The number of carbonyl (C=O) groups excluding carboxylic acids is 2. The number of likely N-dealkylation sites (tertiary alicyclic amines) is 1. The monoisotopic (exact) mass is 527 g/mol. The van der Waals surface area contributed by atoms with Gasteiger partial charge in [-0.05, 0) is 25.0 Å². The van der Waals surface area contributed by atoms with Gasteiger partial charge in [0.05, 0.1) is 32.8 Å². The van der Waals surface area contributed by atoms with Gasteiger partial charge in [-0.15, -0.1) is 36.2 Å². The van der Waals surface area contributed by atoms with Crippen LogP contribution in [0.15, 0.2) is 12.1 Å². The van der Waals surface area contributed by atoms with Crippen molar-refractivity contribution in [3.63, 3.8) is 0 Å². The van der Waals surface area contributed by atoms with Crippen LogP contribution in [0.5, 0.6) is 0 Å². The minimum atomic E-state index is -0.197. The summed E-state index contributed by atoms with van der Waals surface area (Å²) in [7, 11) is 1.61. The lowest BCUT2D eigenvalue weighted by atomic mass is 10.2. The lowest BCUT2D eigenvalue weighted by molar-refractivity contribution is -0.117. The number of halogens is 3. The zero-order chi connectivity index (χ0) is 20.4. The van der Waals surface area contributed by atoms with Crippen LogP contribution in [0.25, 0.3) is 0 Å². The quantitative estimate of drug-likeness (QED) is 0.533. The van der Waals surface area contributed by atoms with E-state index in [9.17, 15) is 9.59 Å². The molecule has 0 spiro atoms. The van der Waals surface area contributed by atoms with Crippen LogP contribution >= 0.6 is 59.1 Å². The fourth-order valence-electron chi connectivity index (χ4n) is 3.56. The van der Waals surface area contributed by atoms with Crippen LogP contribution in [-0.2, 0) is 16.0 Å². The van der Waals surface area contributed by atoms with Crippen LogP contribution < -0.4 is 16.0 Å². The third kappa shape index (κ3) is 6.44. The van der Waals surface area contributed by atoms with Crippen molar-refractivity contribution in [3.05, 3.63) is 26.2 Å². The Morgan fingerprint density at radius 2 is 2.13 bits per heavy atom. The van der Waals surface area contributed by atoms with Gasteiger partial charge in [0.25, 0.3) is 5.91 Å². The first-order valence-electron chi connectivity index (χ1n) is 9.36. The number of nitrogens with one attached hydrogen (secondary N) is 3. The lowest BCUT2D eigenvalue weighted by Gasteiger charge is -2.17. The third-order valence-corrected chi connectivity index (χ3v) is 7.20. The predicted molar refractivity (Wildman–Crippen MR) is 130 cm³/mol. The summed E-state index contributed by atoms with van der Waals surface area (Å²) in [6.07, 6.45) is 1.90. The average molecular weight is 529 g/mol. The van der Waals surface area contributed by atoms with E-state index >= 15 is 0 Å². The summed E-state index contributed by atoms with van der Waals surface area (Å²) in [5, 5.41) is 9.76. The Morgan fingerprint density at radius 1 is 1.32 bits per heavy atom. The molecule has 2 aliphatic heterocycles. The summed E-state index contributed by atoms with van der Waals surface area (Å²) in [5.74, 6) is 0.581. The number of carbonyl (C=O) groups is 2. The van der Waals surface area contributed by atoms with Crippen molar-refractivity contribution in [3.8, 4) is 0 Å². The summed E-state index contributed by atoms with van der Waals surface area (Å²) in [4.78, 5) is 33.1. The predicted octanol–water partition coefficient (Wildman–Crippen LogP) is 3.13. The molecule has 3 N–H and O–H groups in total. The Balaban J connectivity index is 0.00000171. The van der Waals surface area contributed by atoms with Crippen LogP contribution in [0.1, 0.15) is 21.0 Å². The molecule has 0 unspecified atom stereocenters. The van der Waals surface area contributed by atoms with Gasteiger partial charge in [-0.25, -0.2) is 4.98 Å². The Morgan fingerprint density at radius 3 is 2.81 bits per heavy atom. The van der Waals surface area contributed by atoms with Gasteiger partial charge in [0.1, 0.15) is 5.82 Å². The zero-order valence-electron chi connectivity index (χ0n) is 16.7. The van der Waals surface area contributed by atoms with Gasteiger partial charge < -0.3 is 20.7 Å². The average Bonchev–Trinajstić information content (AvgIpc) is 3.39. The largest absolute Gasteiger partial charge is 0.378 e. The standard InChI is InChI=1S/C18H22ClN5O3S2.2ClH/c1-27-11-8-24(7-10(11)21-17(26)13-4-5-14(19)28-13)9-15(25)22-18-23-16-12(29-18)3-2-6-20-16;;/h4-5,10-11,20H,2-3,6-9H2,1H3,(H,21,26)(H,22,23,25);2*1H/t10-,11-;;/m0../s1. The summed E-state index contributed by atoms with van der Waals surface area (Å²) >= 11 is 8.67. The number of hydrogen-bond donors (Lipinski definition) is 3. The van der Waals surface area contributed by atoms with Crippen LogP contribution in [-0.4, -0.2) is 67.1 Å². The van der Waals surface area contributed by atoms with Gasteiger partial charge in [0.2, 0.25) is 5.91 Å². The highest BCUT2D eigenvalue weighted by Gasteiger charge is 2.35. The molecule has 0 bridgehead atoms. The molecule has 172 valence electrons. The molecule has 1 fully saturated rings. The van der Waals surface area contributed by atoms with Crippen LogP contribution in [0, 0.1) is 0 Å². The summed E-state index contributed by atoms with van der Waals surface area (Å²) < 4.78 is 6.09. The zero-order valence-corrected chi connectivity index (χ0v) is 20.7. The summed E-state index contributed by atoms with van der Waals surface area (Å²) in [6, 6.07) is 3.21. The number of nitrogens with zero attached hydrogens (tertiary/aromatic N) is 2. The Kier molecular flexibility index (Phi) is 9.81. The van der Waals surface area contributed by atoms with E-state index < -0.39 is 0 Å². The molecule has 31 heavy (non-hydrogen) atoms. The van der Waals surface area contributed by atoms with Gasteiger partial charge in [-0.1, -0.05) is 22.9 Å². The number of thiazole rings is 1. The van der Waals surface area contributed by atoms with Crippen LogP contribution in [0.3, 0.4) is 0 Å². The molecule has 2 atom stereocenters. The van der Waals surface area contributed by atoms with E-state index in [1.807, 2.05) is 4.90 Å². The van der Waals surface area contributed by atoms with E-state index in [0.29, 0.717) is 27.4 Å². The molecule has 0 radical (unpaired) electrons. The highest BCUT2D eigenvalue weighted by molar-refractivity contribution is 7.18. The molecule has 2 amide bonds. The fraction of sp³-hybridized carbons (Fsp3) is 0.500. The molecule has 1 saturated heterocycles. The molecule has 2 aliphatic rings. The molecule has 0 saturated carbocycles. The first-order valence-corrected chi connectivity index (χ1v) is 11.4. The first-order chi connectivity index (χ1) is 14.0. The molecular formula is C18H24Cl3N5O3S2. The van der Waals surface area contributed by atoms with Gasteiger partial charge in [0.15, 0.2) is 5.13 Å². The van der Waals surface area contributed by atoms with Crippen LogP contribution in [0.4, 0.5) is 10.9 Å². The fourth-order valence-corrected chi connectivity index (χ4v) is 5.51. The number of thiophene rings is 1. The summed E-state index contributed by atoms with van der Waals surface area (Å²) in [5.41, 5.74) is 0. The molecule has 2 aromatic heterocycles. The molecule has 2 aromatic rings. The van der Waals surface area contributed by atoms with E-state index in [4.69, 9.17) is 16.3 Å². The molecule has 0 aliphatic carbocycles. The maximum atomic E-state index is 12.5. The second kappa shape index (κ2) is 11.6. The maximum absolute atomic E-state index is 12.5. The van der Waals surface area contributed by atoms with Crippen molar-refractivity contribution < 1.29 is 14.3 Å². The van der Waals surface area contributed by atoms with Gasteiger partial charge in [-0.3, -0.25) is 14.5 Å². The van der Waals surface area contributed by atoms with Gasteiger partial charge >= 0.3 is 0 Å². The number of hydrogen-bond acceptors (Lipinski definition) is 8. The van der Waals surface area contributed by atoms with Crippen molar-refractivity contribution in [1.29, 1.82) is 0 Å². The molecule has 13 heteroatoms. The minimum Gasteiger partial charge on any atom is -0.378 e. The molecule has 4 rings (SSSR count). The molecule has 8 nitrogen and oxygen atoms in total. The van der Waals surface area contributed by atoms with Crippen molar-refractivity contribution in [2.75, 3.05) is 43.9 Å². The Labute approximate surface area is 205 Å². The van der Waals surface area contributed by atoms with Crippen molar-refractivity contribution in [2.24, 2.45) is 0 Å². The molecular weight excluding hydrogens is 505 g/mol. The van der Waals surface area contributed by atoms with E-state index in [1.54, 1.807) is 19.2 Å². The number of ether oxygens (including phenoxy) is 1. The summed E-state index contributed by atoms with van der Waals surface area (Å²) in [6.45, 7) is 2.23. The van der Waals surface area contributed by atoms with Gasteiger partial charge in [0, 0.05) is 26.7 Å². The second-order valence-corrected chi connectivity index (χ2v) is 9.82. The van der Waals surface area contributed by atoms with Crippen molar-refractivity contribution in [1.82, 2.24) is 15.2 Å². The highest BCUT2D eigenvalue weighted by Crippen LogP contribution is 2.30. The molecule has 4 heterocycles. The number of amides is 2. The Bertz CT molecular complexity index is 886. The van der Waals surface area contributed by atoms with Crippen molar-refractivity contribution in [2.45, 2.75) is 25.0 Å². The first kappa shape index (κ1) is 26.1. The van der Waals surface area contributed by atoms with E-state index in [2.05, 4.69) is 20.9 Å². The van der Waals surface area contributed by atoms with E-state index in [0.717, 1.165) is 25.2 Å². The normalized spacial score (nSPS) is 20.1. The number of aromatic nitrogens is 1.